The average molecular weight is 590 g/mol. The van der Waals surface area contributed by atoms with Crippen molar-refractivity contribution in [1.29, 1.82) is 5.41 Å². The van der Waals surface area contributed by atoms with E-state index in [-0.39, 0.29) is 48.3 Å². The standard InChI is InChI=1S/C32H55N5O5/c1-20(2)19-41-28(25(18-33)27(38)37-26-22(4)16-23-14-21(3)15-24(26)17-23)34-11-10-32(8,9)29(39)35-12-13-36-30(40)42-31(5,6)7/h10-11,18,20-24,26,33-34H,12-17,19H2,1-9H3,(H,35,39)(H,36,40)(H,37,38)/b11-10+,28-25-,33-18?. The van der Waals surface area contributed by atoms with E-state index in [0.717, 1.165) is 31.4 Å². The fourth-order valence-electron chi connectivity index (χ4n) is 5.88. The summed E-state index contributed by atoms with van der Waals surface area (Å²) >= 11 is 0. The molecule has 0 saturated heterocycles. The molecule has 2 fully saturated rings. The number of hydrogen-bond donors (Lipinski definition) is 5. The zero-order valence-electron chi connectivity index (χ0n) is 27.2. The van der Waals surface area contributed by atoms with Gasteiger partial charge in [0.2, 0.25) is 11.8 Å². The van der Waals surface area contributed by atoms with E-state index in [4.69, 9.17) is 14.9 Å². The molecule has 5 atom stereocenters. The Balaban J connectivity index is 2.05. The molecule has 0 radical (unpaired) electrons. The number of alkyl carbamates (subject to hydrolysis) is 1. The zero-order valence-corrected chi connectivity index (χ0v) is 27.2. The molecule has 0 heterocycles. The van der Waals surface area contributed by atoms with Gasteiger partial charge in [-0.3, -0.25) is 9.59 Å². The van der Waals surface area contributed by atoms with Gasteiger partial charge in [0.25, 0.3) is 5.91 Å². The molecular formula is C32H55N5O5. The maximum absolute atomic E-state index is 13.5. The number of rotatable bonds is 13. The van der Waals surface area contributed by atoms with E-state index in [0.29, 0.717) is 24.4 Å². The lowest BCUT2D eigenvalue weighted by atomic mass is 9.63. The van der Waals surface area contributed by atoms with Gasteiger partial charge in [0.05, 0.1) is 12.0 Å². The Morgan fingerprint density at radius 1 is 0.976 bits per heavy atom. The molecular weight excluding hydrogens is 534 g/mol. The van der Waals surface area contributed by atoms with E-state index in [1.807, 2.05) is 13.8 Å². The largest absolute Gasteiger partial charge is 0.478 e. The second kappa shape index (κ2) is 15.4. The Bertz CT molecular complexity index is 1010. The summed E-state index contributed by atoms with van der Waals surface area (Å²) in [6.07, 6.45) is 8.38. The van der Waals surface area contributed by atoms with E-state index in [2.05, 4.69) is 35.1 Å². The van der Waals surface area contributed by atoms with Crippen LogP contribution in [0.2, 0.25) is 0 Å². The van der Waals surface area contributed by atoms with Crippen molar-refractivity contribution in [3.63, 3.8) is 0 Å². The molecule has 2 aliphatic rings. The Labute approximate surface area is 252 Å². The van der Waals surface area contributed by atoms with Crippen LogP contribution in [0.25, 0.3) is 0 Å². The Morgan fingerprint density at radius 3 is 2.26 bits per heavy atom. The van der Waals surface area contributed by atoms with Gasteiger partial charge >= 0.3 is 6.09 Å². The molecule has 3 amide bonds. The van der Waals surface area contributed by atoms with Crippen molar-refractivity contribution < 1.29 is 23.9 Å². The summed E-state index contributed by atoms with van der Waals surface area (Å²) in [5, 5.41) is 19.8. The molecule has 5 unspecified atom stereocenters. The minimum atomic E-state index is -0.902. The Kier molecular flexibility index (Phi) is 12.9. The highest BCUT2D eigenvalue weighted by Crippen LogP contribution is 2.44. The normalized spacial score (nSPS) is 24.9. The number of carbonyl (C=O) groups excluding carboxylic acids is 3. The van der Waals surface area contributed by atoms with E-state index < -0.39 is 17.1 Å². The van der Waals surface area contributed by atoms with Gasteiger partial charge < -0.3 is 36.2 Å². The lowest BCUT2D eigenvalue weighted by Crippen LogP contribution is -2.51. The minimum Gasteiger partial charge on any atom is -0.478 e. The molecule has 238 valence electrons. The second-order valence-electron chi connectivity index (χ2n) is 14.1. The van der Waals surface area contributed by atoms with Gasteiger partial charge in [0.1, 0.15) is 11.2 Å². The van der Waals surface area contributed by atoms with E-state index in [1.165, 1.54) is 6.42 Å². The first-order chi connectivity index (χ1) is 19.5. The third-order valence-electron chi connectivity index (χ3n) is 7.77. The smallest absolute Gasteiger partial charge is 0.407 e. The molecule has 2 saturated carbocycles. The predicted octanol–water partition coefficient (Wildman–Crippen LogP) is 4.87. The van der Waals surface area contributed by atoms with Gasteiger partial charge in [0, 0.05) is 31.5 Å². The fourth-order valence-corrected chi connectivity index (χ4v) is 5.88. The highest BCUT2D eigenvalue weighted by atomic mass is 16.6. The van der Waals surface area contributed by atoms with Crippen LogP contribution in [0.3, 0.4) is 0 Å². The summed E-state index contributed by atoms with van der Waals surface area (Å²) in [4.78, 5) is 38.1. The van der Waals surface area contributed by atoms with Gasteiger partial charge in [-0.25, -0.2) is 4.79 Å². The zero-order chi connectivity index (χ0) is 31.7. The number of fused-ring (bicyclic) bond motifs is 2. The maximum atomic E-state index is 13.5. The Morgan fingerprint density at radius 2 is 1.64 bits per heavy atom. The summed E-state index contributed by atoms with van der Waals surface area (Å²) in [7, 11) is 0. The fraction of sp³-hybridized carbons (Fsp3) is 0.750. The van der Waals surface area contributed by atoms with Crippen LogP contribution in [0.1, 0.15) is 88.0 Å². The monoisotopic (exact) mass is 589 g/mol. The first-order valence-electron chi connectivity index (χ1n) is 15.4. The highest BCUT2D eigenvalue weighted by molar-refractivity contribution is 6.11. The summed E-state index contributed by atoms with van der Waals surface area (Å²) in [5.74, 6) is 2.05. The first-order valence-corrected chi connectivity index (χ1v) is 15.4. The maximum Gasteiger partial charge on any atom is 0.407 e. The third kappa shape index (κ3) is 11.3. The quantitative estimate of drug-likeness (QED) is 0.0898. The molecule has 42 heavy (non-hydrogen) atoms. The lowest BCUT2D eigenvalue weighted by molar-refractivity contribution is -0.127. The van der Waals surface area contributed by atoms with Gasteiger partial charge in [-0.2, -0.15) is 0 Å². The molecule has 2 bridgehead atoms. The van der Waals surface area contributed by atoms with Crippen LogP contribution < -0.4 is 21.3 Å². The van der Waals surface area contributed by atoms with Crippen LogP contribution in [-0.2, 0) is 19.1 Å². The SMILES string of the molecule is CC(C)CO/C(N/C=C/C(C)(C)C(=O)NCCNC(=O)OC(C)(C)C)=C(/C=N)C(=O)NC1C(C)CC2CC(C)CC1C2. The van der Waals surface area contributed by atoms with E-state index in [9.17, 15) is 14.4 Å². The van der Waals surface area contributed by atoms with Gasteiger partial charge in [0.15, 0.2) is 0 Å². The molecule has 0 aliphatic heterocycles. The molecule has 10 heteroatoms. The second-order valence-corrected chi connectivity index (χ2v) is 14.1. The van der Waals surface area contributed by atoms with Crippen molar-refractivity contribution >= 4 is 24.1 Å². The molecule has 0 aromatic heterocycles. The molecule has 0 aromatic carbocycles. The van der Waals surface area contributed by atoms with E-state index in [1.54, 1.807) is 46.9 Å². The van der Waals surface area contributed by atoms with Crippen molar-refractivity contribution in [2.24, 2.45) is 35.0 Å². The van der Waals surface area contributed by atoms with Crippen molar-refractivity contribution in [3.8, 4) is 0 Å². The van der Waals surface area contributed by atoms with Crippen LogP contribution in [0.5, 0.6) is 0 Å². The summed E-state index contributed by atoms with van der Waals surface area (Å²) in [5.41, 5.74) is -1.38. The summed E-state index contributed by atoms with van der Waals surface area (Å²) < 4.78 is 11.2. The molecule has 5 N–H and O–H groups in total. The summed E-state index contributed by atoms with van der Waals surface area (Å²) in [6, 6.07) is 0.0702. The molecule has 2 aliphatic carbocycles. The van der Waals surface area contributed by atoms with Crippen LogP contribution in [-0.4, -0.2) is 55.5 Å². The van der Waals surface area contributed by atoms with Gasteiger partial charge in [-0.05, 0) is 89.9 Å². The van der Waals surface area contributed by atoms with Crippen molar-refractivity contribution in [1.82, 2.24) is 21.3 Å². The predicted molar refractivity (Wildman–Crippen MR) is 166 cm³/mol. The third-order valence-corrected chi connectivity index (χ3v) is 7.77. The van der Waals surface area contributed by atoms with Crippen molar-refractivity contribution in [3.05, 3.63) is 23.7 Å². The molecule has 10 nitrogen and oxygen atoms in total. The molecule has 2 rings (SSSR count). The van der Waals surface area contributed by atoms with Gasteiger partial charge in [-0.1, -0.05) is 33.8 Å². The van der Waals surface area contributed by atoms with E-state index >= 15 is 0 Å². The van der Waals surface area contributed by atoms with Crippen LogP contribution in [0, 0.1) is 40.4 Å². The van der Waals surface area contributed by atoms with Crippen molar-refractivity contribution in [2.45, 2.75) is 99.6 Å². The number of nitrogens with one attached hydrogen (secondary N) is 5. The lowest BCUT2D eigenvalue weighted by Gasteiger charge is -2.46. The summed E-state index contributed by atoms with van der Waals surface area (Å²) in [6.45, 7) is 18.2. The Hall–Kier alpha value is -3.04. The number of carbonyl (C=O) groups is 3. The number of amides is 3. The average Bonchev–Trinajstić information content (AvgIpc) is 2.85. The van der Waals surface area contributed by atoms with Crippen molar-refractivity contribution in [2.75, 3.05) is 19.7 Å². The highest BCUT2D eigenvalue weighted by Gasteiger charge is 2.41. The first kappa shape index (κ1) is 35.2. The number of hydrogen-bond acceptors (Lipinski definition) is 7. The molecule has 0 aromatic rings. The van der Waals surface area contributed by atoms with Crippen LogP contribution in [0.15, 0.2) is 23.7 Å². The number of ether oxygens (including phenoxy) is 2. The molecule has 0 spiro atoms. The topological polar surface area (TPSA) is 142 Å². The minimum absolute atomic E-state index is 0.0702. The van der Waals surface area contributed by atoms with Crippen LogP contribution in [0.4, 0.5) is 4.79 Å². The van der Waals surface area contributed by atoms with Gasteiger partial charge in [-0.15, -0.1) is 0 Å². The van der Waals surface area contributed by atoms with Crippen LogP contribution >= 0.6 is 0 Å².